The molecule has 0 heterocycles. The molecule has 1 N–H and O–H groups in total. The van der Waals surface area contributed by atoms with Gasteiger partial charge >= 0.3 is 0 Å². The summed E-state index contributed by atoms with van der Waals surface area (Å²) in [4.78, 5) is 12.6. The highest BCUT2D eigenvalue weighted by Crippen LogP contribution is 2.24. The van der Waals surface area contributed by atoms with Crippen molar-refractivity contribution >= 4 is 21.6 Å². The molecule has 0 aliphatic carbocycles. The van der Waals surface area contributed by atoms with Gasteiger partial charge in [0.1, 0.15) is 24.1 Å². The second-order valence-electron chi connectivity index (χ2n) is 6.84. The van der Waals surface area contributed by atoms with Gasteiger partial charge in [0, 0.05) is 0 Å². The number of hydrogen-bond donors (Lipinski definition) is 1. The van der Waals surface area contributed by atoms with Crippen LogP contribution in [-0.2, 0) is 14.8 Å². The van der Waals surface area contributed by atoms with Crippen molar-refractivity contribution in [2.24, 2.45) is 0 Å². The van der Waals surface area contributed by atoms with Crippen LogP contribution in [-0.4, -0.2) is 46.9 Å². The van der Waals surface area contributed by atoms with E-state index in [2.05, 4.69) is 5.32 Å². The van der Waals surface area contributed by atoms with E-state index in [1.807, 2.05) is 32.0 Å². The molecule has 29 heavy (non-hydrogen) atoms. The maximum Gasteiger partial charge on any atom is 0.243 e. The van der Waals surface area contributed by atoms with Gasteiger partial charge in [0.05, 0.1) is 25.6 Å². The first-order valence-corrected chi connectivity index (χ1v) is 11.1. The van der Waals surface area contributed by atoms with Crippen LogP contribution in [0.25, 0.3) is 0 Å². The molecule has 1 atom stereocenters. The van der Waals surface area contributed by atoms with E-state index in [1.165, 1.54) is 7.11 Å². The van der Waals surface area contributed by atoms with Gasteiger partial charge in [0.2, 0.25) is 15.9 Å². The molecule has 0 saturated heterocycles. The Hall–Kier alpha value is -2.74. The van der Waals surface area contributed by atoms with E-state index in [4.69, 9.17) is 9.47 Å². The summed E-state index contributed by atoms with van der Waals surface area (Å²) in [7, 11) is -2.14. The van der Waals surface area contributed by atoms with E-state index < -0.39 is 22.0 Å². The van der Waals surface area contributed by atoms with Gasteiger partial charge in [-0.1, -0.05) is 17.7 Å². The molecule has 0 aliphatic rings. The van der Waals surface area contributed by atoms with E-state index in [1.54, 1.807) is 31.2 Å². The summed E-state index contributed by atoms with van der Waals surface area (Å²) in [6.45, 7) is 6.06. The Morgan fingerprint density at radius 3 is 2.34 bits per heavy atom. The first-order valence-electron chi connectivity index (χ1n) is 9.24. The molecule has 1 amide bonds. The van der Waals surface area contributed by atoms with Crippen molar-refractivity contribution in [1.82, 2.24) is 5.32 Å². The lowest BCUT2D eigenvalue weighted by atomic mass is 10.1. The molecule has 0 aliphatic heterocycles. The summed E-state index contributed by atoms with van der Waals surface area (Å²) < 4.78 is 36.5. The quantitative estimate of drug-likeness (QED) is 0.631. The lowest BCUT2D eigenvalue weighted by molar-refractivity contribution is -0.121. The molecule has 0 bridgehead atoms. The van der Waals surface area contributed by atoms with Crippen LogP contribution in [0.5, 0.6) is 11.5 Å². The van der Waals surface area contributed by atoms with Gasteiger partial charge < -0.3 is 14.8 Å². The number of amides is 1. The third kappa shape index (κ3) is 6.12. The van der Waals surface area contributed by atoms with E-state index in [9.17, 15) is 13.2 Å². The number of hydrogen-bond acceptors (Lipinski definition) is 5. The molecular weight excluding hydrogens is 392 g/mol. The first-order chi connectivity index (χ1) is 13.6. The van der Waals surface area contributed by atoms with Crippen LogP contribution in [0.3, 0.4) is 0 Å². The van der Waals surface area contributed by atoms with Crippen molar-refractivity contribution in [2.45, 2.75) is 26.8 Å². The number of benzene rings is 2. The van der Waals surface area contributed by atoms with Crippen LogP contribution >= 0.6 is 0 Å². The molecule has 8 heteroatoms. The number of rotatable bonds is 9. The zero-order valence-corrected chi connectivity index (χ0v) is 18.2. The van der Waals surface area contributed by atoms with Gasteiger partial charge in [0.25, 0.3) is 0 Å². The lowest BCUT2D eigenvalue weighted by Crippen LogP contribution is -2.48. The van der Waals surface area contributed by atoms with Crippen LogP contribution in [0.1, 0.15) is 18.1 Å². The van der Waals surface area contributed by atoms with Gasteiger partial charge in [-0.2, -0.15) is 0 Å². The van der Waals surface area contributed by atoms with E-state index in [0.717, 1.165) is 27.4 Å². The minimum absolute atomic E-state index is 0.261. The number of carbonyl (C=O) groups excluding carboxylic acids is 1. The average Bonchev–Trinajstić information content (AvgIpc) is 2.66. The van der Waals surface area contributed by atoms with E-state index >= 15 is 0 Å². The normalized spacial score (nSPS) is 12.2. The molecule has 2 aromatic carbocycles. The standard InChI is InChI=1S/C21H28N2O5S/c1-15-6-11-20(16(2)14-15)28-13-12-22-21(24)17(3)23(29(5,25)26)18-7-9-19(27-4)10-8-18/h6-11,14,17H,12-13H2,1-5H3,(H,22,24)/t17-/m1/s1. The Morgan fingerprint density at radius 2 is 1.79 bits per heavy atom. The van der Waals surface area contributed by atoms with Crippen molar-refractivity contribution in [1.29, 1.82) is 0 Å². The zero-order valence-electron chi connectivity index (χ0n) is 17.4. The van der Waals surface area contributed by atoms with Gasteiger partial charge in [-0.25, -0.2) is 8.42 Å². The summed E-state index contributed by atoms with van der Waals surface area (Å²) >= 11 is 0. The molecular formula is C21H28N2O5S. The van der Waals surface area contributed by atoms with Crippen LogP contribution < -0.4 is 19.1 Å². The van der Waals surface area contributed by atoms with Crippen LogP contribution in [0, 0.1) is 13.8 Å². The molecule has 0 saturated carbocycles. The van der Waals surface area contributed by atoms with Crippen LogP contribution in [0.15, 0.2) is 42.5 Å². The van der Waals surface area contributed by atoms with Gasteiger partial charge in [0.15, 0.2) is 0 Å². The minimum Gasteiger partial charge on any atom is -0.497 e. The van der Waals surface area contributed by atoms with Crippen LogP contribution in [0.4, 0.5) is 5.69 Å². The summed E-state index contributed by atoms with van der Waals surface area (Å²) in [5.74, 6) is 0.951. The van der Waals surface area contributed by atoms with E-state index in [-0.39, 0.29) is 13.2 Å². The Bertz CT molecular complexity index is 942. The van der Waals surface area contributed by atoms with E-state index in [0.29, 0.717) is 11.4 Å². The second-order valence-corrected chi connectivity index (χ2v) is 8.70. The molecule has 2 rings (SSSR count). The topological polar surface area (TPSA) is 84.9 Å². The molecule has 0 fully saturated rings. The monoisotopic (exact) mass is 420 g/mol. The van der Waals surface area contributed by atoms with Gasteiger partial charge in [-0.3, -0.25) is 9.10 Å². The number of carbonyl (C=O) groups is 1. The van der Waals surface area contributed by atoms with Crippen molar-refractivity contribution < 1.29 is 22.7 Å². The summed E-state index contributed by atoms with van der Waals surface area (Å²) in [5, 5.41) is 2.73. The molecule has 0 aromatic heterocycles. The number of nitrogens with zero attached hydrogens (tertiary/aromatic N) is 1. The maximum atomic E-state index is 12.6. The average molecular weight is 421 g/mol. The highest BCUT2D eigenvalue weighted by molar-refractivity contribution is 7.92. The summed E-state index contributed by atoms with van der Waals surface area (Å²) in [6, 6.07) is 11.5. The van der Waals surface area contributed by atoms with Crippen molar-refractivity contribution in [3.05, 3.63) is 53.6 Å². The predicted octanol–water partition coefficient (Wildman–Crippen LogP) is 2.66. The number of aryl methyl sites for hydroxylation is 2. The second kappa shape index (κ2) is 9.65. The summed E-state index contributed by atoms with van der Waals surface area (Å²) in [5.41, 5.74) is 2.56. The van der Waals surface area contributed by atoms with Crippen LogP contribution in [0.2, 0.25) is 0 Å². The summed E-state index contributed by atoms with van der Waals surface area (Å²) in [6.07, 6.45) is 1.07. The highest BCUT2D eigenvalue weighted by Gasteiger charge is 2.28. The Labute approximate surface area is 172 Å². The van der Waals surface area contributed by atoms with Gasteiger partial charge in [-0.15, -0.1) is 0 Å². The fourth-order valence-corrected chi connectivity index (χ4v) is 4.16. The van der Waals surface area contributed by atoms with Gasteiger partial charge in [-0.05, 0) is 56.7 Å². The van der Waals surface area contributed by atoms with Crippen molar-refractivity contribution in [2.75, 3.05) is 30.8 Å². The number of ether oxygens (including phenoxy) is 2. The highest BCUT2D eigenvalue weighted by atomic mass is 32.2. The Kier molecular flexibility index (Phi) is 7.50. The van der Waals surface area contributed by atoms with Crippen molar-refractivity contribution in [3.63, 3.8) is 0 Å². The lowest BCUT2D eigenvalue weighted by Gasteiger charge is -2.28. The molecule has 0 radical (unpaired) electrons. The molecule has 158 valence electrons. The SMILES string of the molecule is COc1ccc(N([C@H](C)C(=O)NCCOc2ccc(C)cc2C)S(C)(=O)=O)cc1. The Morgan fingerprint density at radius 1 is 1.14 bits per heavy atom. The van der Waals surface area contributed by atoms with Crippen molar-refractivity contribution in [3.8, 4) is 11.5 Å². The zero-order chi connectivity index (χ0) is 21.6. The third-order valence-electron chi connectivity index (χ3n) is 4.40. The number of anilines is 1. The number of methoxy groups -OCH3 is 1. The largest absolute Gasteiger partial charge is 0.497 e. The molecule has 7 nitrogen and oxygen atoms in total. The third-order valence-corrected chi connectivity index (χ3v) is 5.65. The smallest absolute Gasteiger partial charge is 0.243 e. The molecule has 2 aromatic rings. The molecule has 0 unspecified atom stereocenters. The first kappa shape index (κ1) is 22.5. The predicted molar refractivity (Wildman–Crippen MR) is 114 cm³/mol. The molecule has 0 spiro atoms. The Balaban J connectivity index is 1.99. The number of sulfonamides is 1. The maximum absolute atomic E-state index is 12.6. The fraction of sp³-hybridized carbons (Fsp3) is 0.381. The minimum atomic E-state index is -3.66. The fourth-order valence-electron chi connectivity index (χ4n) is 2.98. The number of nitrogens with one attached hydrogen (secondary N) is 1.